The van der Waals surface area contributed by atoms with E-state index in [2.05, 4.69) is 31.8 Å². The predicted molar refractivity (Wildman–Crippen MR) is 139 cm³/mol. The lowest BCUT2D eigenvalue weighted by Crippen LogP contribution is -2.46. The first-order valence-corrected chi connectivity index (χ1v) is 13.5. The number of anilines is 1. The Labute approximate surface area is 212 Å². The second kappa shape index (κ2) is 9.64. The lowest BCUT2D eigenvalue weighted by atomic mass is 10.1. The van der Waals surface area contributed by atoms with Gasteiger partial charge in [-0.3, -0.25) is 4.90 Å². The molecule has 1 aromatic heterocycles. The van der Waals surface area contributed by atoms with E-state index in [0.717, 1.165) is 65.2 Å². The molecule has 0 amide bonds. The quantitative estimate of drug-likeness (QED) is 0.329. The molecule has 5 rings (SSSR count). The maximum atomic E-state index is 13.4. The van der Waals surface area contributed by atoms with Crippen LogP contribution in [0.5, 0.6) is 5.75 Å². The zero-order valence-corrected chi connectivity index (χ0v) is 21.6. The van der Waals surface area contributed by atoms with Crippen LogP contribution in [0.4, 0.5) is 10.1 Å². The highest BCUT2D eigenvalue weighted by Crippen LogP contribution is 2.31. The molecule has 182 valence electrons. The number of halogens is 2. The minimum absolute atomic E-state index is 0.0516. The van der Waals surface area contributed by atoms with Gasteiger partial charge in [-0.15, -0.1) is 0 Å². The smallest absolute Gasteiger partial charge is 0.268 e. The summed E-state index contributed by atoms with van der Waals surface area (Å²) in [5.74, 6) is 0.387. The summed E-state index contributed by atoms with van der Waals surface area (Å²) in [6.45, 7) is 3.98. The molecule has 9 heteroatoms. The second-order valence-electron chi connectivity index (χ2n) is 8.51. The minimum atomic E-state index is -3.87. The zero-order chi connectivity index (χ0) is 24.6. The van der Waals surface area contributed by atoms with Gasteiger partial charge in [-0.05, 0) is 60.2 Å². The molecule has 0 unspecified atom stereocenters. The molecule has 0 spiro atoms. The number of aromatic nitrogens is 1. The van der Waals surface area contributed by atoms with Gasteiger partial charge in [0.2, 0.25) is 0 Å². The van der Waals surface area contributed by atoms with Gasteiger partial charge in [0.1, 0.15) is 11.6 Å². The molecule has 0 N–H and O–H groups in total. The van der Waals surface area contributed by atoms with Gasteiger partial charge in [0.05, 0.1) is 23.2 Å². The Balaban J connectivity index is 1.42. The van der Waals surface area contributed by atoms with Crippen molar-refractivity contribution in [1.29, 1.82) is 0 Å². The third-order valence-electron chi connectivity index (χ3n) is 6.38. The molecule has 35 heavy (non-hydrogen) atoms. The number of para-hydroxylation sites is 2. The van der Waals surface area contributed by atoms with Crippen molar-refractivity contribution >= 4 is 42.5 Å². The molecule has 0 atom stereocenters. The molecule has 6 nitrogen and oxygen atoms in total. The molecular formula is C26H25BrFN3O3S. The third-order valence-corrected chi connectivity index (χ3v) is 8.56. The van der Waals surface area contributed by atoms with E-state index in [0.29, 0.717) is 12.1 Å². The van der Waals surface area contributed by atoms with E-state index in [-0.39, 0.29) is 4.90 Å². The van der Waals surface area contributed by atoms with E-state index >= 15 is 0 Å². The zero-order valence-electron chi connectivity index (χ0n) is 19.2. The van der Waals surface area contributed by atoms with Gasteiger partial charge in [-0.2, -0.15) is 0 Å². The van der Waals surface area contributed by atoms with Crippen molar-refractivity contribution in [3.63, 3.8) is 0 Å². The van der Waals surface area contributed by atoms with Gasteiger partial charge >= 0.3 is 0 Å². The van der Waals surface area contributed by atoms with Crippen molar-refractivity contribution in [3.05, 3.63) is 88.8 Å². The van der Waals surface area contributed by atoms with E-state index in [1.54, 1.807) is 19.4 Å². The number of benzene rings is 3. The Morgan fingerprint density at radius 3 is 2.40 bits per heavy atom. The largest absolute Gasteiger partial charge is 0.495 e. The van der Waals surface area contributed by atoms with Crippen LogP contribution in [-0.4, -0.2) is 50.6 Å². The Morgan fingerprint density at radius 1 is 0.971 bits per heavy atom. The van der Waals surface area contributed by atoms with Crippen molar-refractivity contribution in [2.24, 2.45) is 0 Å². The fraction of sp³-hybridized carbons (Fsp3) is 0.231. The topological polar surface area (TPSA) is 54.8 Å². The van der Waals surface area contributed by atoms with Crippen LogP contribution in [-0.2, 0) is 16.6 Å². The van der Waals surface area contributed by atoms with E-state index < -0.39 is 15.8 Å². The van der Waals surface area contributed by atoms with Crippen LogP contribution in [0.3, 0.4) is 0 Å². The normalized spacial score (nSPS) is 15.0. The number of piperazine rings is 1. The van der Waals surface area contributed by atoms with Crippen LogP contribution >= 0.6 is 15.9 Å². The Morgan fingerprint density at radius 2 is 1.69 bits per heavy atom. The number of nitrogens with zero attached hydrogens (tertiary/aromatic N) is 3. The van der Waals surface area contributed by atoms with Gasteiger partial charge in [-0.25, -0.2) is 16.8 Å². The van der Waals surface area contributed by atoms with E-state index in [4.69, 9.17) is 4.74 Å². The second-order valence-corrected chi connectivity index (χ2v) is 11.2. The lowest BCUT2D eigenvalue weighted by Gasteiger charge is -2.36. The van der Waals surface area contributed by atoms with E-state index in [9.17, 15) is 12.8 Å². The summed E-state index contributed by atoms with van der Waals surface area (Å²) < 4.78 is 47.9. The number of methoxy groups -OCH3 is 1. The molecule has 0 radical (unpaired) electrons. The number of hydrogen-bond donors (Lipinski definition) is 0. The highest BCUT2D eigenvalue weighted by Gasteiger charge is 2.24. The molecule has 1 aliphatic heterocycles. The van der Waals surface area contributed by atoms with Gasteiger partial charge in [-0.1, -0.05) is 28.1 Å². The summed E-state index contributed by atoms with van der Waals surface area (Å²) in [5.41, 5.74) is 2.61. The van der Waals surface area contributed by atoms with Gasteiger partial charge in [0, 0.05) is 48.8 Å². The fourth-order valence-electron chi connectivity index (χ4n) is 4.56. The summed E-state index contributed by atoms with van der Waals surface area (Å²) in [5, 5.41) is 0.872. The Bertz CT molecular complexity index is 1460. The molecule has 0 aliphatic carbocycles. The van der Waals surface area contributed by atoms with Crippen molar-refractivity contribution in [1.82, 2.24) is 8.87 Å². The first-order valence-electron chi connectivity index (χ1n) is 11.3. The summed E-state index contributed by atoms with van der Waals surface area (Å²) in [6.07, 6.45) is 1.70. The molecule has 0 bridgehead atoms. The van der Waals surface area contributed by atoms with Crippen molar-refractivity contribution < 1.29 is 17.5 Å². The molecule has 0 saturated carbocycles. The van der Waals surface area contributed by atoms with E-state index in [1.807, 2.05) is 30.3 Å². The van der Waals surface area contributed by atoms with Crippen LogP contribution in [0.25, 0.3) is 10.9 Å². The average molecular weight is 558 g/mol. The van der Waals surface area contributed by atoms with Crippen LogP contribution in [0.1, 0.15) is 5.56 Å². The van der Waals surface area contributed by atoms with E-state index in [1.165, 1.54) is 16.1 Å². The van der Waals surface area contributed by atoms with Crippen LogP contribution < -0.4 is 9.64 Å². The molecule has 1 aliphatic rings. The summed E-state index contributed by atoms with van der Waals surface area (Å²) in [7, 11) is -2.19. The highest BCUT2D eigenvalue weighted by atomic mass is 79.9. The van der Waals surface area contributed by atoms with Crippen molar-refractivity contribution in [3.8, 4) is 5.75 Å². The molecule has 4 aromatic rings. The standard InChI is InChI=1S/C26H25BrFN3O3S/c1-34-26-5-3-2-4-25(26)30-14-12-29(13-15-30)17-19-18-31(24-11-6-20(27)16-23(19)24)35(32,33)22-9-7-21(28)8-10-22/h2-11,16,18H,12-15,17H2,1H3. The number of hydrogen-bond acceptors (Lipinski definition) is 5. The molecule has 3 aromatic carbocycles. The van der Waals surface area contributed by atoms with Crippen molar-refractivity contribution in [2.45, 2.75) is 11.4 Å². The number of rotatable bonds is 6. The van der Waals surface area contributed by atoms with Crippen LogP contribution in [0.15, 0.2) is 82.3 Å². The Kier molecular flexibility index (Phi) is 6.57. The number of ether oxygens (including phenoxy) is 1. The van der Waals surface area contributed by atoms with Crippen molar-refractivity contribution in [2.75, 3.05) is 38.2 Å². The molecular weight excluding hydrogens is 533 g/mol. The highest BCUT2D eigenvalue weighted by molar-refractivity contribution is 9.10. The molecule has 1 saturated heterocycles. The predicted octanol–water partition coefficient (Wildman–Crippen LogP) is 5.11. The maximum absolute atomic E-state index is 13.4. The molecule has 2 heterocycles. The summed E-state index contributed by atoms with van der Waals surface area (Å²) >= 11 is 3.52. The molecule has 1 fully saturated rings. The summed E-state index contributed by atoms with van der Waals surface area (Å²) in [6, 6.07) is 18.5. The van der Waals surface area contributed by atoms with Crippen LogP contribution in [0.2, 0.25) is 0 Å². The lowest BCUT2D eigenvalue weighted by molar-refractivity contribution is 0.250. The average Bonchev–Trinajstić information content (AvgIpc) is 3.23. The fourth-order valence-corrected chi connectivity index (χ4v) is 6.31. The van der Waals surface area contributed by atoms with Crippen LogP contribution in [0, 0.1) is 5.82 Å². The van der Waals surface area contributed by atoms with Gasteiger partial charge in [0.25, 0.3) is 10.0 Å². The Hall–Kier alpha value is -2.88. The monoisotopic (exact) mass is 557 g/mol. The minimum Gasteiger partial charge on any atom is -0.495 e. The first-order chi connectivity index (χ1) is 16.9. The number of fused-ring (bicyclic) bond motifs is 1. The SMILES string of the molecule is COc1ccccc1N1CCN(Cc2cn(S(=O)(=O)c3ccc(F)cc3)c3ccc(Br)cc23)CC1. The maximum Gasteiger partial charge on any atom is 0.268 e. The summed E-state index contributed by atoms with van der Waals surface area (Å²) in [4.78, 5) is 4.70. The third kappa shape index (κ3) is 4.68. The van der Waals surface area contributed by atoms with Gasteiger partial charge < -0.3 is 9.64 Å². The first kappa shape index (κ1) is 23.8. The van der Waals surface area contributed by atoms with Gasteiger partial charge in [0.15, 0.2) is 0 Å².